The zero-order valence-corrected chi connectivity index (χ0v) is 15.6. The highest BCUT2D eigenvalue weighted by Gasteiger charge is 2.26. The molecule has 9 heteroatoms. The standard InChI is InChI=1S/C20H18N4O5/c1-2-28-20(25)16-9-11-22-19(18(16)24(26)27)23-13-14-8-10-21-17(12-14)29-15-6-4-3-5-7-15/h3-12H,2,13H2,1H3,(H,22,23). The van der Waals surface area contributed by atoms with Gasteiger partial charge in [-0.3, -0.25) is 10.1 Å². The zero-order chi connectivity index (χ0) is 20.6. The number of nitrogens with one attached hydrogen (secondary N) is 1. The molecule has 1 N–H and O–H groups in total. The Morgan fingerprint density at radius 1 is 1.14 bits per heavy atom. The van der Waals surface area contributed by atoms with E-state index >= 15 is 0 Å². The van der Waals surface area contributed by atoms with E-state index in [1.54, 1.807) is 37.4 Å². The van der Waals surface area contributed by atoms with Gasteiger partial charge >= 0.3 is 11.7 Å². The highest BCUT2D eigenvalue weighted by atomic mass is 16.6. The number of hydrogen-bond donors (Lipinski definition) is 1. The van der Waals surface area contributed by atoms with E-state index in [2.05, 4.69) is 15.3 Å². The van der Waals surface area contributed by atoms with Gasteiger partial charge in [-0.25, -0.2) is 14.8 Å². The first-order valence-corrected chi connectivity index (χ1v) is 8.80. The molecule has 3 rings (SSSR count). The molecule has 0 spiro atoms. The second-order valence-corrected chi connectivity index (χ2v) is 5.80. The number of carbonyl (C=O) groups is 1. The molecule has 0 saturated carbocycles. The number of benzene rings is 1. The van der Waals surface area contributed by atoms with Crippen LogP contribution in [0, 0.1) is 10.1 Å². The van der Waals surface area contributed by atoms with Gasteiger partial charge < -0.3 is 14.8 Å². The van der Waals surface area contributed by atoms with E-state index in [9.17, 15) is 14.9 Å². The monoisotopic (exact) mass is 394 g/mol. The predicted molar refractivity (Wildman–Crippen MR) is 105 cm³/mol. The van der Waals surface area contributed by atoms with E-state index < -0.39 is 16.6 Å². The van der Waals surface area contributed by atoms with Crippen molar-refractivity contribution in [2.75, 3.05) is 11.9 Å². The van der Waals surface area contributed by atoms with Crippen LogP contribution in [0.3, 0.4) is 0 Å². The van der Waals surface area contributed by atoms with Crippen molar-refractivity contribution in [1.82, 2.24) is 9.97 Å². The zero-order valence-electron chi connectivity index (χ0n) is 15.6. The normalized spacial score (nSPS) is 10.2. The van der Waals surface area contributed by atoms with Crippen LogP contribution in [0.5, 0.6) is 11.6 Å². The van der Waals surface area contributed by atoms with Crippen LogP contribution in [-0.4, -0.2) is 27.5 Å². The van der Waals surface area contributed by atoms with Gasteiger partial charge in [0.1, 0.15) is 11.3 Å². The van der Waals surface area contributed by atoms with Gasteiger partial charge in [-0.1, -0.05) is 18.2 Å². The average molecular weight is 394 g/mol. The van der Waals surface area contributed by atoms with Gasteiger partial charge in [0.25, 0.3) is 0 Å². The van der Waals surface area contributed by atoms with Crippen LogP contribution in [0.15, 0.2) is 60.9 Å². The van der Waals surface area contributed by atoms with Gasteiger partial charge in [-0.15, -0.1) is 0 Å². The Morgan fingerprint density at radius 3 is 2.62 bits per heavy atom. The minimum absolute atomic E-state index is 0.0251. The van der Waals surface area contributed by atoms with Crippen molar-refractivity contribution < 1.29 is 19.2 Å². The van der Waals surface area contributed by atoms with Crippen molar-refractivity contribution in [3.8, 4) is 11.6 Å². The number of ether oxygens (including phenoxy) is 2. The van der Waals surface area contributed by atoms with E-state index in [4.69, 9.17) is 9.47 Å². The van der Waals surface area contributed by atoms with Crippen LogP contribution in [0.25, 0.3) is 0 Å². The van der Waals surface area contributed by atoms with E-state index in [-0.39, 0.29) is 24.5 Å². The Bertz CT molecular complexity index is 1010. The highest BCUT2D eigenvalue weighted by molar-refractivity contribution is 5.96. The van der Waals surface area contributed by atoms with Gasteiger partial charge in [0, 0.05) is 25.0 Å². The Kier molecular flexibility index (Phi) is 6.31. The molecule has 0 unspecified atom stereocenters. The van der Waals surface area contributed by atoms with Crippen LogP contribution in [0.4, 0.5) is 11.5 Å². The maximum atomic E-state index is 12.0. The summed E-state index contributed by atoms with van der Waals surface area (Å²) in [7, 11) is 0. The lowest BCUT2D eigenvalue weighted by Gasteiger charge is -2.10. The van der Waals surface area contributed by atoms with Crippen molar-refractivity contribution in [1.29, 1.82) is 0 Å². The molecule has 0 fully saturated rings. The van der Waals surface area contributed by atoms with Gasteiger partial charge in [-0.2, -0.15) is 0 Å². The number of nitro groups is 1. The number of anilines is 1. The second kappa shape index (κ2) is 9.27. The van der Waals surface area contributed by atoms with Crippen LogP contribution in [-0.2, 0) is 11.3 Å². The summed E-state index contributed by atoms with van der Waals surface area (Å²) in [6, 6.07) is 13.9. The van der Waals surface area contributed by atoms with E-state index in [1.807, 2.05) is 18.2 Å². The minimum Gasteiger partial charge on any atom is -0.462 e. The first kappa shape index (κ1) is 19.7. The van der Waals surface area contributed by atoms with Gasteiger partial charge in [-0.05, 0) is 36.8 Å². The Hall–Kier alpha value is -4.01. The maximum Gasteiger partial charge on any atom is 0.345 e. The summed E-state index contributed by atoms with van der Waals surface area (Å²) in [6.07, 6.45) is 2.89. The van der Waals surface area contributed by atoms with Crippen molar-refractivity contribution >= 4 is 17.5 Å². The maximum absolute atomic E-state index is 12.0. The molecule has 2 aromatic heterocycles. The molecule has 0 amide bonds. The average Bonchev–Trinajstić information content (AvgIpc) is 2.73. The third-order valence-electron chi connectivity index (χ3n) is 3.83. The number of esters is 1. The van der Waals surface area contributed by atoms with Crippen LogP contribution >= 0.6 is 0 Å². The van der Waals surface area contributed by atoms with E-state index in [0.717, 1.165) is 5.56 Å². The summed E-state index contributed by atoms with van der Waals surface area (Å²) in [5, 5.41) is 14.4. The molecule has 2 heterocycles. The number of nitrogens with zero attached hydrogens (tertiary/aromatic N) is 3. The Labute approximate surface area is 166 Å². The predicted octanol–water partition coefficient (Wildman–Crippen LogP) is 3.97. The molecule has 0 atom stereocenters. The van der Waals surface area contributed by atoms with Crippen molar-refractivity contribution in [3.05, 3.63) is 82.2 Å². The lowest BCUT2D eigenvalue weighted by atomic mass is 10.2. The molecule has 29 heavy (non-hydrogen) atoms. The molecule has 0 aliphatic carbocycles. The highest BCUT2D eigenvalue weighted by Crippen LogP contribution is 2.28. The summed E-state index contributed by atoms with van der Waals surface area (Å²) in [4.78, 5) is 31.0. The molecular weight excluding hydrogens is 376 g/mol. The molecule has 0 saturated heterocycles. The van der Waals surface area contributed by atoms with Crippen molar-refractivity contribution in [3.63, 3.8) is 0 Å². The SMILES string of the molecule is CCOC(=O)c1ccnc(NCc2ccnc(Oc3ccccc3)c2)c1[N+](=O)[O-]. The van der Waals surface area contributed by atoms with E-state index in [0.29, 0.717) is 11.6 Å². The molecular formula is C20H18N4O5. The largest absolute Gasteiger partial charge is 0.462 e. The van der Waals surface area contributed by atoms with Crippen LogP contribution in [0.1, 0.15) is 22.8 Å². The summed E-state index contributed by atoms with van der Waals surface area (Å²) < 4.78 is 10.6. The first-order chi connectivity index (χ1) is 14.1. The molecule has 148 valence electrons. The van der Waals surface area contributed by atoms with Gasteiger partial charge in [0.2, 0.25) is 11.7 Å². The van der Waals surface area contributed by atoms with Crippen LogP contribution < -0.4 is 10.1 Å². The molecule has 0 bridgehead atoms. The number of rotatable bonds is 8. The summed E-state index contributed by atoms with van der Waals surface area (Å²) in [6.45, 7) is 1.96. The molecule has 0 aliphatic rings. The fourth-order valence-electron chi connectivity index (χ4n) is 2.55. The number of carbonyl (C=O) groups excluding carboxylic acids is 1. The first-order valence-electron chi connectivity index (χ1n) is 8.80. The van der Waals surface area contributed by atoms with Gasteiger partial charge in [0.15, 0.2) is 0 Å². The summed E-state index contributed by atoms with van der Waals surface area (Å²) in [5.41, 5.74) is 0.182. The molecule has 3 aromatic rings. The van der Waals surface area contributed by atoms with Crippen LogP contribution in [0.2, 0.25) is 0 Å². The summed E-state index contributed by atoms with van der Waals surface area (Å²) >= 11 is 0. The number of pyridine rings is 2. The molecule has 9 nitrogen and oxygen atoms in total. The molecule has 0 aliphatic heterocycles. The van der Waals surface area contributed by atoms with Crippen molar-refractivity contribution in [2.45, 2.75) is 13.5 Å². The number of aromatic nitrogens is 2. The third-order valence-corrected chi connectivity index (χ3v) is 3.83. The van der Waals surface area contributed by atoms with Gasteiger partial charge in [0.05, 0.1) is 11.5 Å². The lowest BCUT2D eigenvalue weighted by Crippen LogP contribution is -2.12. The smallest absolute Gasteiger partial charge is 0.345 e. The quantitative estimate of drug-likeness (QED) is 0.347. The number of para-hydroxylation sites is 1. The Balaban J connectivity index is 1.78. The molecule has 0 radical (unpaired) electrons. The fourth-order valence-corrected chi connectivity index (χ4v) is 2.55. The topological polar surface area (TPSA) is 116 Å². The summed E-state index contributed by atoms with van der Waals surface area (Å²) in [5.74, 6) is 0.234. The number of hydrogen-bond acceptors (Lipinski definition) is 8. The Morgan fingerprint density at radius 2 is 1.90 bits per heavy atom. The third kappa shape index (κ3) is 5.04. The lowest BCUT2D eigenvalue weighted by molar-refractivity contribution is -0.384. The van der Waals surface area contributed by atoms with E-state index in [1.165, 1.54) is 12.3 Å². The fraction of sp³-hybridized carbons (Fsp3) is 0.150. The van der Waals surface area contributed by atoms with Crippen molar-refractivity contribution in [2.24, 2.45) is 0 Å². The molecule has 1 aromatic carbocycles. The second-order valence-electron chi connectivity index (χ2n) is 5.80. The minimum atomic E-state index is -0.771.